The van der Waals surface area contributed by atoms with Crippen molar-refractivity contribution in [3.8, 4) is 0 Å². The predicted molar refractivity (Wildman–Crippen MR) is 77.6 cm³/mol. The van der Waals surface area contributed by atoms with Gasteiger partial charge in [-0.05, 0) is 65.6 Å². The lowest BCUT2D eigenvalue weighted by molar-refractivity contribution is 0.278. The van der Waals surface area contributed by atoms with E-state index >= 15 is 0 Å². The Balaban J connectivity index is 1.65. The first-order valence-corrected chi connectivity index (χ1v) is 8.34. The van der Waals surface area contributed by atoms with Gasteiger partial charge in [0.1, 0.15) is 0 Å². The third-order valence-electron chi connectivity index (χ3n) is 4.19. The molecule has 0 saturated heterocycles. The zero-order chi connectivity index (χ0) is 11.7. The Bertz CT molecular complexity index is 377. The van der Waals surface area contributed by atoms with Gasteiger partial charge in [0.15, 0.2) is 0 Å². The van der Waals surface area contributed by atoms with Gasteiger partial charge in [0.25, 0.3) is 0 Å². The fourth-order valence-electron chi connectivity index (χ4n) is 3.01. The molecule has 0 bridgehead atoms. The quantitative estimate of drug-likeness (QED) is 0.851. The number of rotatable bonds is 5. The number of hydrogen-bond donors (Lipinski definition) is 1. The summed E-state index contributed by atoms with van der Waals surface area (Å²) in [6.45, 7) is 1.24. The van der Waals surface area contributed by atoms with Gasteiger partial charge in [-0.25, -0.2) is 0 Å². The lowest BCUT2D eigenvalue weighted by Gasteiger charge is -2.29. The second-order valence-corrected chi connectivity index (χ2v) is 8.29. The number of halogens is 1. The maximum Gasteiger partial charge on any atom is 0.0701 e. The molecule has 2 aliphatic rings. The molecule has 2 fully saturated rings. The van der Waals surface area contributed by atoms with Crippen molar-refractivity contribution in [3.05, 3.63) is 20.8 Å². The summed E-state index contributed by atoms with van der Waals surface area (Å²) in [6, 6.07) is 5.34. The molecule has 0 atom stereocenters. The zero-order valence-corrected chi connectivity index (χ0v) is 12.6. The average molecular weight is 314 g/mol. The Kier molecular flexibility index (Phi) is 3.60. The van der Waals surface area contributed by atoms with E-state index in [4.69, 9.17) is 0 Å². The molecule has 2 saturated carbocycles. The molecule has 0 spiro atoms. The first kappa shape index (κ1) is 12.2. The van der Waals surface area contributed by atoms with E-state index in [9.17, 15) is 0 Å². The van der Waals surface area contributed by atoms with E-state index in [1.165, 1.54) is 55.3 Å². The lowest BCUT2D eigenvalue weighted by Crippen LogP contribution is -2.34. The standard InChI is InChI=1S/C14H20BrNS/c15-13-6-5-12(17-13)9-14(7-1-2-8-14)10-16-11-3-4-11/h5-6,11,16H,1-4,7-10H2. The van der Waals surface area contributed by atoms with Crippen LogP contribution in [0.3, 0.4) is 0 Å². The Labute approximate surface area is 116 Å². The monoisotopic (exact) mass is 313 g/mol. The van der Waals surface area contributed by atoms with Crippen LogP contribution in [0, 0.1) is 5.41 Å². The van der Waals surface area contributed by atoms with Crippen molar-refractivity contribution in [3.63, 3.8) is 0 Å². The molecule has 3 heteroatoms. The van der Waals surface area contributed by atoms with Crippen LogP contribution in [0.1, 0.15) is 43.4 Å². The first-order valence-electron chi connectivity index (χ1n) is 6.73. The van der Waals surface area contributed by atoms with Crippen molar-refractivity contribution < 1.29 is 0 Å². The van der Waals surface area contributed by atoms with Gasteiger partial charge in [0.05, 0.1) is 3.79 Å². The highest BCUT2D eigenvalue weighted by Gasteiger charge is 2.35. The van der Waals surface area contributed by atoms with Crippen molar-refractivity contribution in [1.82, 2.24) is 5.32 Å². The molecule has 17 heavy (non-hydrogen) atoms. The Morgan fingerprint density at radius 2 is 2.06 bits per heavy atom. The Morgan fingerprint density at radius 3 is 2.65 bits per heavy atom. The van der Waals surface area contributed by atoms with Crippen LogP contribution >= 0.6 is 27.3 Å². The molecule has 1 nitrogen and oxygen atoms in total. The molecule has 0 unspecified atom stereocenters. The summed E-state index contributed by atoms with van der Waals surface area (Å²) in [4.78, 5) is 1.55. The molecule has 94 valence electrons. The minimum atomic E-state index is 0.562. The highest BCUT2D eigenvalue weighted by atomic mass is 79.9. The van der Waals surface area contributed by atoms with Gasteiger partial charge in [0, 0.05) is 17.5 Å². The number of nitrogens with one attached hydrogen (secondary N) is 1. The van der Waals surface area contributed by atoms with Gasteiger partial charge in [-0.3, -0.25) is 0 Å². The molecule has 1 aromatic heterocycles. The van der Waals surface area contributed by atoms with E-state index in [-0.39, 0.29) is 0 Å². The maximum absolute atomic E-state index is 3.76. The van der Waals surface area contributed by atoms with Gasteiger partial charge in [-0.15, -0.1) is 11.3 Å². The molecule has 1 N–H and O–H groups in total. The highest BCUT2D eigenvalue weighted by Crippen LogP contribution is 2.42. The van der Waals surface area contributed by atoms with E-state index in [0.717, 1.165) is 6.04 Å². The first-order chi connectivity index (χ1) is 8.26. The number of hydrogen-bond acceptors (Lipinski definition) is 2. The smallest absolute Gasteiger partial charge is 0.0701 e. The van der Waals surface area contributed by atoms with Gasteiger partial charge in [-0.2, -0.15) is 0 Å². The van der Waals surface area contributed by atoms with Crippen LogP contribution in [0.4, 0.5) is 0 Å². The molecule has 1 heterocycles. The van der Waals surface area contributed by atoms with E-state index in [1.807, 2.05) is 11.3 Å². The second kappa shape index (κ2) is 5.02. The molecular formula is C14H20BrNS. The molecule has 1 aromatic rings. The van der Waals surface area contributed by atoms with Crippen molar-refractivity contribution in [1.29, 1.82) is 0 Å². The summed E-state index contributed by atoms with van der Waals surface area (Å²) in [5.41, 5.74) is 0.562. The molecule has 3 rings (SSSR count). The SMILES string of the molecule is Brc1ccc(CC2(CNC3CC3)CCCC2)s1. The largest absolute Gasteiger partial charge is 0.313 e. The normalized spacial score (nSPS) is 23.1. The van der Waals surface area contributed by atoms with Crippen LogP contribution in [0.5, 0.6) is 0 Å². The summed E-state index contributed by atoms with van der Waals surface area (Å²) >= 11 is 5.49. The topological polar surface area (TPSA) is 12.0 Å². The van der Waals surface area contributed by atoms with Gasteiger partial charge in [0.2, 0.25) is 0 Å². The third-order valence-corrected chi connectivity index (χ3v) is 5.81. The van der Waals surface area contributed by atoms with Crippen LogP contribution in [-0.2, 0) is 6.42 Å². The summed E-state index contributed by atoms with van der Waals surface area (Å²) in [5.74, 6) is 0. The van der Waals surface area contributed by atoms with Crippen molar-refractivity contribution in [2.24, 2.45) is 5.41 Å². The Morgan fingerprint density at radius 1 is 1.29 bits per heavy atom. The predicted octanol–water partition coefficient (Wildman–Crippen LogP) is 4.37. The summed E-state index contributed by atoms with van der Waals surface area (Å²) < 4.78 is 1.27. The summed E-state index contributed by atoms with van der Waals surface area (Å²) in [5, 5.41) is 3.76. The minimum Gasteiger partial charge on any atom is -0.313 e. The molecule has 0 aromatic carbocycles. The average Bonchev–Trinajstić information content (AvgIpc) is 2.90. The summed E-state index contributed by atoms with van der Waals surface area (Å²) in [7, 11) is 0. The van der Waals surface area contributed by atoms with Crippen LogP contribution in [0.25, 0.3) is 0 Å². The summed E-state index contributed by atoms with van der Waals surface area (Å²) in [6.07, 6.45) is 9.78. The zero-order valence-electron chi connectivity index (χ0n) is 10.2. The number of thiophene rings is 1. The third kappa shape index (κ3) is 3.12. The second-order valence-electron chi connectivity index (χ2n) is 5.74. The van der Waals surface area contributed by atoms with E-state index in [2.05, 4.69) is 33.4 Å². The van der Waals surface area contributed by atoms with E-state index < -0.39 is 0 Å². The molecule has 0 radical (unpaired) electrons. The van der Waals surface area contributed by atoms with Crippen LogP contribution in [0.2, 0.25) is 0 Å². The lowest BCUT2D eigenvalue weighted by atomic mass is 9.82. The van der Waals surface area contributed by atoms with Gasteiger partial charge in [-0.1, -0.05) is 12.8 Å². The fourth-order valence-corrected chi connectivity index (χ4v) is 4.66. The van der Waals surface area contributed by atoms with Crippen molar-refractivity contribution in [2.75, 3.05) is 6.54 Å². The maximum atomic E-state index is 3.76. The molecule has 0 amide bonds. The Hall–Kier alpha value is 0.140. The van der Waals surface area contributed by atoms with Crippen LogP contribution in [0.15, 0.2) is 15.9 Å². The fraction of sp³-hybridized carbons (Fsp3) is 0.714. The van der Waals surface area contributed by atoms with Gasteiger partial charge >= 0.3 is 0 Å². The van der Waals surface area contributed by atoms with Crippen LogP contribution < -0.4 is 5.32 Å². The van der Waals surface area contributed by atoms with Crippen molar-refractivity contribution >= 4 is 27.3 Å². The highest BCUT2D eigenvalue weighted by molar-refractivity contribution is 9.11. The van der Waals surface area contributed by atoms with Crippen molar-refractivity contribution in [2.45, 2.75) is 51.0 Å². The van der Waals surface area contributed by atoms with Gasteiger partial charge < -0.3 is 5.32 Å². The van der Waals surface area contributed by atoms with E-state index in [1.54, 1.807) is 4.88 Å². The molecule has 2 aliphatic carbocycles. The van der Waals surface area contributed by atoms with Crippen LogP contribution in [-0.4, -0.2) is 12.6 Å². The minimum absolute atomic E-state index is 0.562. The molecule has 0 aliphatic heterocycles. The molecular weight excluding hydrogens is 294 g/mol. The van der Waals surface area contributed by atoms with E-state index in [0.29, 0.717) is 5.41 Å².